The topological polar surface area (TPSA) is 24.9 Å². The Kier molecular flexibility index (Phi) is 4.57. The van der Waals surface area contributed by atoms with Gasteiger partial charge in [0.15, 0.2) is 0 Å². The second-order valence-corrected chi connectivity index (χ2v) is 6.03. The molecule has 0 spiro atoms. The highest BCUT2D eigenvalue weighted by molar-refractivity contribution is 6.31. The fourth-order valence-corrected chi connectivity index (χ4v) is 3.37. The zero-order valence-corrected chi connectivity index (χ0v) is 13.2. The van der Waals surface area contributed by atoms with Gasteiger partial charge in [0.2, 0.25) is 0 Å². The van der Waals surface area contributed by atoms with Gasteiger partial charge in [-0.15, -0.1) is 0 Å². The average Bonchev–Trinajstić information content (AvgIpc) is 2.53. The van der Waals surface area contributed by atoms with Crippen LogP contribution in [0.4, 0.5) is 0 Å². The molecule has 0 aliphatic heterocycles. The highest BCUT2D eigenvalue weighted by Gasteiger charge is 2.23. The number of benzene rings is 1. The molecule has 2 aromatic rings. The number of aromatic nitrogens is 1. The molecule has 1 aromatic carbocycles. The summed E-state index contributed by atoms with van der Waals surface area (Å²) in [4.78, 5) is 4.62. The van der Waals surface area contributed by atoms with Crippen LogP contribution < -0.4 is 5.32 Å². The Morgan fingerprint density at radius 3 is 3.05 bits per heavy atom. The van der Waals surface area contributed by atoms with Crippen molar-refractivity contribution < 1.29 is 0 Å². The maximum absolute atomic E-state index is 6.45. The third kappa shape index (κ3) is 3.12. The molecule has 1 aliphatic rings. The van der Waals surface area contributed by atoms with Gasteiger partial charge in [0, 0.05) is 23.7 Å². The highest BCUT2D eigenvalue weighted by atomic mass is 35.5. The number of aryl methyl sites for hydroxylation is 1. The molecule has 21 heavy (non-hydrogen) atoms. The average molecular weight is 301 g/mol. The maximum Gasteiger partial charge on any atom is 0.0510 e. The number of fused-ring (bicyclic) bond motifs is 1. The van der Waals surface area contributed by atoms with Crippen LogP contribution in [-0.2, 0) is 13.0 Å². The monoisotopic (exact) mass is 300 g/mol. The SMILES string of the molecule is CCNCc1ccc(C2CCCc3cccnc32)cc1Cl. The molecule has 0 saturated heterocycles. The van der Waals surface area contributed by atoms with E-state index < -0.39 is 0 Å². The Balaban J connectivity index is 1.90. The van der Waals surface area contributed by atoms with Crippen LogP contribution in [0, 0.1) is 0 Å². The molecular formula is C18H21ClN2. The lowest BCUT2D eigenvalue weighted by Crippen LogP contribution is -2.14. The minimum Gasteiger partial charge on any atom is -0.313 e. The Labute approximate surface area is 131 Å². The lowest BCUT2D eigenvalue weighted by molar-refractivity contribution is 0.598. The highest BCUT2D eigenvalue weighted by Crippen LogP contribution is 2.36. The first-order chi connectivity index (χ1) is 10.3. The number of halogens is 1. The third-order valence-corrected chi connectivity index (χ3v) is 4.59. The molecule has 1 atom stereocenters. The molecule has 0 saturated carbocycles. The smallest absolute Gasteiger partial charge is 0.0510 e. The van der Waals surface area contributed by atoms with Crippen molar-refractivity contribution in [1.29, 1.82) is 0 Å². The molecular weight excluding hydrogens is 280 g/mol. The lowest BCUT2D eigenvalue weighted by Gasteiger charge is -2.25. The number of hydrogen-bond acceptors (Lipinski definition) is 2. The van der Waals surface area contributed by atoms with Crippen LogP contribution >= 0.6 is 11.6 Å². The molecule has 3 heteroatoms. The van der Waals surface area contributed by atoms with Gasteiger partial charge in [0.05, 0.1) is 5.69 Å². The molecule has 0 bridgehead atoms. The van der Waals surface area contributed by atoms with Crippen LogP contribution in [0.1, 0.15) is 48.1 Å². The van der Waals surface area contributed by atoms with Crippen molar-refractivity contribution in [3.63, 3.8) is 0 Å². The zero-order valence-electron chi connectivity index (χ0n) is 12.4. The van der Waals surface area contributed by atoms with Gasteiger partial charge in [-0.25, -0.2) is 0 Å². The van der Waals surface area contributed by atoms with E-state index in [4.69, 9.17) is 11.6 Å². The van der Waals surface area contributed by atoms with Crippen molar-refractivity contribution in [1.82, 2.24) is 10.3 Å². The quantitative estimate of drug-likeness (QED) is 0.910. The van der Waals surface area contributed by atoms with Gasteiger partial charge in [-0.2, -0.15) is 0 Å². The number of rotatable bonds is 4. The molecule has 0 radical (unpaired) electrons. The van der Waals surface area contributed by atoms with Crippen LogP contribution in [0.3, 0.4) is 0 Å². The van der Waals surface area contributed by atoms with E-state index in [2.05, 4.69) is 41.5 Å². The van der Waals surface area contributed by atoms with Gasteiger partial charge in [-0.05, 0) is 54.6 Å². The van der Waals surface area contributed by atoms with Gasteiger partial charge in [0.25, 0.3) is 0 Å². The van der Waals surface area contributed by atoms with Crippen molar-refractivity contribution in [2.45, 2.75) is 38.6 Å². The van der Waals surface area contributed by atoms with E-state index in [1.165, 1.54) is 28.8 Å². The molecule has 1 N–H and O–H groups in total. The maximum atomic E-state index is 6.45. The number of nitrogens with zero attached hydrogens (tertiary/aromatic N) is 1. The van der Waals surface area contributed by atoms with E-state index in [0.29, 0.717) is 5.92 Å². The fourth-order valence-electron chi connectivity index (χ4n) is 3.12. The summed E-state index contributed by atoms with van der Waals surface area (Å²) in [5.74, 6) is 0.389. The molecule has 1 aliphatic carbocycles. The molecule has 0 fully saturated rings. The summed E-state index contributed by atoms with van der Waals surface area (Å²) in [6, 6.07) is 10.7. The summed E-state index contributed by atoms with van der Waals surface area (Å²) >= 11 is 6.45. The molecule has 0 amide bonds. The normalized spacial score (nSPS) is 17.5. The van der Waals surface area contributed by atoms with Crippen LogP contribution in [0.15, 0.2) is 36.5 Å². The Bertz CT molecular complexity index is 624. The lowest BCUT2D eigenvalue weighted by atomic mass is 9.82. The molecule has 3 rings (SSSR count). The Morgan fingerprint density at radius 1 is 1.33 bits per heavy atom. The molecule has 1 unspecified atom stereocenters. The predicted octanol–water partition coefficient (Wildman–Crippen LogP) is 4.31. The van der Waals surface area contributed by atoms with Crippen molar-refractivity contribution in [3.05, 3.63) is 63.9 Å². The summed E-state index contributed by atoms with van der Waals surface area (Å²) in [7, 11) is 0. The number of nitrogens with one attached hydrogen (secondary N) is 1. The third-order valence-electron chi connectivity index (χ3n) is 4.24. The minimum absolute atomic E-state index is 0.389. The van der Waals surface area contributed by atoms with Crippen LogP contribution in [-0.4, -0.2) is 11.5 Å². The number of pyridine rings is 1. The summed E-state index contributed by atoms with van der Waals surface area (Å²) < 4.78 is 0. The summed E-state index contributed by atoms with van der Waals surface area (Å²) in [6.07, 6.45) is 5.43. The Hall–Kier alpha value is -1.38. The van der Waals surface area contributed by atoms with Gasteiger partial charge in [-0.1, -0.05) is 36.7 Å². The second kappa shape index (κ2) is 6.59. The van der Waals surface area contributed by atoms with E-state index in [1.807, 2.05) is 12.3 Å². The predicted molar refractivity (Wildman–Crippen MR) is 87.9 cm³/mol. The first-order valence-electron chi connectivity index (χ1n) is 7.72. The summed E-state index contributed by atoms with van der Waals surface area (Å²) in [5, 5.41) is 4.18. The van der Waals surface area contributed by atoms with E-state index in [1.54, 1.807) is 0 Å². The molecule has 110 valence electrons. The van der Waals surface area contributed by atoms with Crippen molar-refractivity contribution in [2.75, 3.05) is 6.54 Å². The van der Waals surface area contributed by atoms with E-state index in [0.717, 1.165) is 31.0 Å². The van der Waals surface area contributed by atoms with E-state index in [-0.39, 0.29) is 0 Å². The van der Waals surface area contributed by atoms with Gasteiger partial charge >= 0.3 is 0 Å². The van der Waals surface area contributed by atoms with Gasteiger partial charge < -0.3 is 5.32 Å². The van der Waals surface area contributed by atoms with Crippen LogP contribution in [0.25, 0.3) is 0 Å². The zero-order chi connectivity index (χ0) is 14.7. The van der Waals surface area contributed by atoms with Crippen molar-refractivity contribution >= 4 is 11.6 Å². The van der Waals surface area contributed by atoms with E-state index in [9.17, 15) is 0 Å². The largest absolute Gasteiger partial charge is 0.313 e. The fraction of sp³-hybridized carbons (Fsp3) is 0.389. The van der Waals surface area contributed by atoms with Crippen LogP contribution in [0.2, 0.25) is 5.02 Å². The standard InChI is InChI=1S/C18H21ClN2/c1-2-20-12-15-9-8-14(11-17(15)19)16-7-3-5-13-6-4-10-21-18(13)16/h4,6,8-11,16,20H,2-3,5,7,12H2,1H3. The minimum atomic E-state index is 0.389. The van der Waals surface area contributed by atoms with Crippen molar-refractivity contribution in [3.8, 4) is 0 Å². The number of hydrogen-bond donors (Lipinski definition) is 1. The summed E-state index contributed by atoms with van der Waals surface area (Å²) in [5.41, 5.74) is 5.08. The molecule has 2 nitrogen and oxygen atoms in total. The Morgan fingerprint density at radius 2 is 2.24 bits per heavy atom. The van der Waals surface area contributed by atoms with Gasteiger partial charge in [0.1, 0.15) is 0 Å². The molecule has 1 aromatic heterocycles. The van der Waals surface area contributed by atoms with Gasteiger partial charge in [-0.3, -0.25) is 4.98 Å². The molecule has 1 heterocycles. The first-order valence-corrected chi connectivity index (χ1v) is 8.10. The second-order valence-electron chi connectivity index (χ2n) is 5.62. The van der Waals surface area contributed by atoms with Crippen molar-refractivity contribution in [2.24, 2.45) is 0 Å². The van der Waals surface area contributed by atoms with E-state index >= 15 is 0 Å². The first kappa shape index (κ1) is 14.6. The summed E-state index contributed by atoms with van der Waals surface area (Å²) in [6.45, 7) is 3.89. The van der Waals surface area contributed by atoms with Crippen LogP contribution in [0.5, 0.6) is 0 Å².